The number of pyridine rings is 1. The number of sulfonamides is 1. The third-order valence-corrected chi connectivity index (χ3v) is 9.64. The number of piperidine rings is 1. The van der Waals surface area contributed by atoms with E-state index < -0.39 is 26.6 Å². The highest BCUT2D eigenvalue weighted by molar-refractivity contribution is 8.26. The predicted molar refractivity (Wildman–Crippen MR) is 127 cm³/mol. The second kappa shape index (κ2) is 7.84. The number of hydrogen-bond donors (Lipinski definition) is 4. The Balaban J connectivity index is 1.60. The Bertz CT molecular complexity index is 1350. The number of hydrogen-bond acceptors (Lipinski definition) is 7. The van der Waals surface area contributed by atoms with Crippen LogP contribution in [0.5, 0.6) is 0 Å². The summed E-state index contributed by atoms with van der Waals surface area (Å²) in [6.07, 6.45) is 6.05. The van der Waals surface area contributed by atoms with Crippen LogP contribution in [0.2, 0.25) is 0 Å². The van der Waals surface area contributed by atoms with E-state index in [2.05, 4.69) is 21.1 Å². The van der Waals surface area contributed by atoms with E-state index in [9.17, 15) is 13.7 Å². The number of nitriles is 1. The van der Waals surface area contributed by atoms with Crippen molar-refractivity contribution in [2.24, 2.45) is 5.41 Å². The Morgan fingerprint density at radius 2 is 2.00 bits per heavy atom. The maximum absolute atomic E-state index is 16.2. The van der Waals surface area contributed by atoms with Crippen molar-refractivity contribution in [3.63, 3.8) is 0 Å². The van der Waals surface area contributed by atoms with Crippen LogP contribution in [-0.4, -0.2) is 46.5 Å². The Labute approximate surface area is 201 Å². The van der Waals surface area contributed by atoms with Crippen molar-refractivity contribution in [3.05, 3.63) is 29.8 Å². The number of halogens is 1. The summed E-state index contributed by atoms with van der Waals surface area (Å²) in [4.78, 5) is 4.28. The molecule has 0 spiro atoms. The van der Waals surface area contributed by atoms with Crippen LogP contribution in [0.1, 0.15) is 56.8 Å². The minimum absolute atomic E-state index is 0.0279. The zero-order valence-electron chi connectivity index (χ0n) is 18.8. The molecule has 3 aliphatic rings. The quantitative estimate of drug-likeness (QED) is 0.343. The number of nitrogens with zero attached hydrogens (tertiary/aromatic N) is 3. The lowest BCUT2D eigenvalue weighted by molar-refractivity contribution is -0.113. The van der Waals surface area contributed by atoms with E-state index in [1.807, 2.05) is 6.92 Å². The lowest BCUT2D eigenvalue weighted by atomic mass is 9.87. The molecule has 0 bridgehead atoms. The van der Waals surface area contributed by atoms with Gasteiger partial charge in [-0.3, -0.25) is 15.2 Å². The maximum atomic E-state index is 16.2. The number of rotatable bonds is 6. The first-order valence-corrected chi connectivity index (χ1v) is 13.6. The van der Waals surface area contributed by atoms with Crippen LogP contribution >= 0.6 is 11.8 Å². The first kappa shape index (κ1) is 23.4. The summed E-state index contributed by atoms with van der Waals surface area (Å²) < 4.78 is 46.8. The van der Waals surface area contributed by atoms with Gasteiger partial charge in [-0.25, -0.2) is 22.5 Å². The Hall–Kier alpha value is -2.33. The number of imidazole rings is 1. The lowest BCUT2D eigenvalue weighted by Crippen LogP contribution is -2.43. The monoisotopic (exact) mass is 504 g/mol. The third kappa shape index (κ3) is 4.04. The van der Waals surface area contributed by atoms with Gasteiger partial charge in [-0.15, -0.1) is 0 Å². The predicted octanol–water partition coefficient (Wildman–Crippen LogP) is 1.23. The van der Waals surface area contributed by atoms with E-state index in [4.69, 9.17) is 10.8 Å². The first-order chi connectivity index (χ1) is 16.0. The van der Waals surface area contributed by atoms with Crippen LogP contribution in [0.4, 0.5) is 4.39 Å². The van der Waals surface area contributed by atoms with Gasteiger partial charge in [0.05, 0.1) is 22.7 Å². The molecule has 2 saturated carbocycles. The molecule has 5 N–H and O–H groups in total. The van der Waals surface area contributed by atoms with E-state index in [0.717, 1.165) is 24.6 Å². The highest BCUT2D eigenvalue weighted by Gasteiger charge is 2.52. The maximum Gasteiger partial charge on any atom is 0.242 e. The van der Waals surface area contributed by atoms with Crippen molar-refractivity contribution >= 4 is 37.4 Å². The summed E-state index contributed by atoms with van der Waals surface area (Å²) >= 11 is 0.943. The van der Waals surface area contributed by atoms with Gasteiger partial charge in [-0.05, 0) is 76.4 Å². The molecule has 0 radical (unpaired) electrons. The highest BCUT2D eigenvalue weighted by Crippen LogP contribution is 2.48. The van der Waals surface area contributed by atoms with E-state index in [0.29, 0.717) is 36.5 Å². The Morgan fingerprint density at radius 3 is 2.59 bits per heavy atom. The molecule has 0 aromatic carbocycles. The largest absolute Gasteiger partial charge is 0.316 e. The van der Waals surface area contributed by atoms with Crippen LogP contribution in [0.3, 0.4) is 0 Å². The summed E-state index contributed by atoms with van der Waals surface area (Å²) in [6, 6.07) is 3.61. The van der Waals surface area contributed by atoms with Crippen LogP contribution < -0.4 is 15.4 Å². The van der Waals surface area contributed by atoms with Gasteiger partial charge in [-0.2, -0.15) is 5.26 Å². The van der Waals surface area contributed by atoms with Crippen molar-refractivity contribution in [1.29, 1.82) is 10.7 Å². The molecule has 5 rings (SSSR count). The molecule has 1 saturated heterocycles. The topological polar surface area (TPSA) is 149 Å². The summed E-state index contributed by atoms with van der Waals surface area (Å²) in [7, 11) is -3.93. The summed E-state index contributed by atoms with van der Waals surface area (Å²) in [6.45, 7) is 2.79. The molecule has 2 aromatic heterocycles. The number of alkyl halides is 1. The van der Waals surface area contributed by atoms with Gasteiger partial charge in [-0.1, -0.05) is 0 Å². The summed E-state index contributed by atoms with van der Waals surface area (Å²) in [5.74, 6) is 0.158. The average molecular weight is 505 g/mol. The normalized spacial score (nSPS) is 22.1. The molecular formula is C22H27FN7O2S2+. The van der Waals surface area contributed by atoms with E-state index in [1.165, 1.54) is 22.9 Å². The van der Waals surface area contributed by atoms with Gasteiger partial charge >= 0.3 is 0 Å². The van der Waals surface area contributed by atoms with Crippen LogP contribution in [0.25, 0.3) is 5.52 Å². The number of thioether (sulfide) groups is 1. The molecule has 2 aliphatic carbocycles. The molecule has 1 aliphatic heterocycles. The van der Waals surface area contributed by atoms with E-state index in [1.54, 1.807) is 0 Å². The van der Waals surface area contributed by atoms with Crippen molar-refractivity contribution in [2.75, 3.05) is 13.1 Å². The Kier molecular flexibility index (Phi) is 5.40. The molecule has 12 heteroatoms. The van der Waals surface area contributed by atoms with Gasteiger partial charge in [0.1, 0.15) is 16.1 Å². The van der Waals surface area contributed by atoms with E-state index >= 15 is 4.39 Å². The van der Waals surface area contributed by atoms with Crippen LogP contribution in [0, 0.1) is 22.2 Å². The minimum atomic E-state index is -3.93. The van der Waals surface area contributed by atoms with Gasteiger partial charge in [0.2, 0.25) is 15.1 Å². The van der Waals surface area contributed by atoms with Crippen molar-refractivity contribution in [2.45, 2.75) is 61.6 Å². The Morgan fingerprint density at radius 1 is 1.32 bits per heavy atom. The smallest absolute Gasteiger partial charge is 0.242 e. The summed E-state index contributed by atoms with van der Waals surface area (Å²) in [5, 5.41) is 27.5. The molecule has 0 unspecified atom stereocenters. The van der Waals surface area contributed by atoms with Crippen molar-refractivity contribution in [3.8, 4) is 6.07 Å². The van der Waals surface area contributed by atoms with Gasteiger partial charge in [0.15, 0.2) is 5.82 Å². The molecule has 3 fully saturated rings. The zero-order chi connectivity index (χ0) is 24.4. The van der Waals surface area contributed by atoms with Gasteiger partial charge < -0.3 is 5.32 Å². The second-order valence-electron chi connectivity index (χ2n) is 9.80. The molecule has 34 heavy (non-hydrogen) atoms. The SMILES string of the molecule is CC1(NS(=O)(=O)c2cc(C3(F)CCNCC3)c3cnc(C(=N)SC(=[NH2+])C4(C#N)CC4)n3c2)CC1. The van der Waals surface area contributed by atoms with Crippen molar-refractivity contribution in [1.82, 2.24) is 19.4 Å². The second-order valence-corrected chi connectivity index (χ2v) is 12.5. The highest BCUT2D eigenvalue weighted by atomic mass is 32.2. The van der Waals surface area contributed by atoms with Crippen LogP contribution in [-0.2, 0) is 15.7 Å². The molecule has 180 valence electrons. The summed E-state index contributed by atoms with van der Waals surface area (Å²) in [5.41, 5.74) is -2.28. The third-order valence-electron chi connectivity index (χ3n) is 7.04. The lowest BCUT2D eigenvalue weighted by Gasteiger charge is -2.31. The standard InChI is InChI=1S/C22H26FN7O2S2/c1-20(2-3-20)29-34(31,32)14-10-15(22(23)6-8-27-9-7-22)16-11-28-18(30(16)12-14)17(25)33-19(26)21(13-24)4-5-21/h10-12,25-27,29H,2-9H2,1H3/p+1. The molecular weight excluding hydrogens is 477 g/mol. The molecule has 3 heterocycles. The van der Waals surface area contributed by atoms with E-state index in [-0.39, 0.29) is 34.2 Å². The first-order valence-electron chi connectivity index (χ1n) is 11.3. The number of fused-ring (bicyclic) bond motifs is 1. The number of aromatic nitrogens is 2. The fourth-order valence-corrected chi connectivity index (χ4v) is 6.70. The van der Waals surface area contributed by atoms with Gasteiger partial charge in [0, 0.05) is 17.3 Å². The zero-order valence-corrected chi connectivity index (χ0v) is 20.5. The molecule has 9 nitrogen and oxygen atoms in total. The minimum Gasteiger partial charge on any atom is -0.316 e. The fraction of sp³-hybridized carbons (Fsp3) is 0.545. The number of nitrogens with one attached hydrogen (secondary N) is 3. The average Bonchev–Trinajstić information content (AvgIpc) is 3.70. The molecule has 0 atom stereocenters. The molecule has 2 aromatic rings. The number of nitrogens with two attached hydrogens (primary N) is 1. The van der Waals surface area contributed by atoms with Gasteiger partial charge in [0.25, 0.3) is 0 Å². The molecule has 0 amide bonds. The van der Waals surface area contributed by atoms with Crippen molar-refractivity contribution < 1.29 is 18.2 Å². The van der Waals surface area contributed by atoms with Crippen LogP contribution in [0.15, 0.2) is 23.4 Å². The fourth-order valence-electron chi connectivity index (χ4n) is 4.30.